The molecule has 0 unspecified atom stereocenters. The Bertz CT molecular complexity index is 575. The summed E-state index contributed by atoms with van der Waals surface area (Å²) in [7, 11) is 1.57. The molecule has 0 aromatic carbocycles. The van der Waals surface area contributed by atoms with Gasteiger partial charge in [0.2, 0.25) is 11.8 Å². The van der Waals surface area contributed by atoms with Gasteiger partial charge >= 0.3 is 0 Å². The highest BCUT2D eigenvalue weighted by Crippen LogP contribution is 2.24. The van der Waals surface area contributed by atoms with Crippen LogP contribution in [0.25, 0.3) is 0 Å². The summed E-state index contributed by atoms with van der Waals surface area (Å²) in [6.45, 7) is 0. The molecule has 4 N–H and O–H groups in total. The van der Waals surface area contributed by atoms with E-state index in [4.69, 9.17) is 16.2 Å². The Kier molecular flexibility index (Phi) is 3.61. The standard InChI is InChI=1S/C11H12BrN5O/c1-18-10-8(12)3-6(4-15-10)2-7-5-16-11(14)17-9(7)13/h3-5H,2H2,1H3,(H4,13,14,16,17). The normalized spacial score (nSPS) is 10.3. The van der Waals surface area contributed by atoms with Gasteiger partial charge in [0, 0.05) is 24.4 Å². The summed E-state index contributed by atoms with van der Waals surface area (Å²) in [5, 5.41) is 0. The fraction of sp³-hybridized carbons (Fsp3) is 0.182. The summed E-state index contributed by atoms with van der Waals surface area (Å²) in [4.78, 5) is 12.0. The van der Waals surface area contributed by atoms with Crippen LogP contribution in [0, 0.1) is 0 Å². The average Bonchev–Trinajstić information content (AvgIpc) is 2.33. The van der Waals surface area contributed by atoms with Crippen LogP contribution in [0.3, 0.4) is 0 Å². The number of hydrogen-bond donors (Lipinski definition) is 2. The van der Waals surface area contributed by atoms with Crippen molar-refractivity contribution in [1.29, 1.82) is 0 Å². The van der Waals surface area contributed by atoms with Crippen molar-refractivity contribution in [1.82, 2.24) is 15.0 Å². The van der Waals surface area contributed by atoms with Crippen molar-refractivity contribution in [3.8, 4) is 5.88 Å². The molecule has 2 rings (SSSR count). The fourth-order valence-electron chi connectivity index (χ4n) is 1.50. The number of pyridine rings is 1. The molecule has 0 spiro atoms. The number of anilines is 2. The maximum absolute atomic E-state index is 5.78. The number of halogens is 1. The first-order valence-corrected chi connectivity index (χ1v) is 5.94. The van der Waals surface area contributed by atoms with E-state index in [0.717, 1.165) is 15.6 Å². The van der Waals surface area contributed by atoms with Gasteiger partial charge in [-0.15, -0.1) is 0 Å². The van der Waals surface area contributed by atoms with E-state index in [9.17, 15) is 0 Å². The Morgan fingerprint density at radius 2 is 2.06 bits per heavy atom. The Balaban J connectivity index is 2.26. The molecular weight excluding hydrogens is 298 g/mol. The van der Waals surface area contributed by atoms with Crippen LogP contribution in [0.15, 0.2) is 22.9 Å². The predicted molar refractivity (Wildman–Crippen MR) is 72.2 cm³/mol. The first-order valence-electron chi connectivity index (χ1n) is 5.15. The van der Waals surface area contributed by atoms with E-state index in [-0.39, 0.29) is 5.95 Å². The number of hydrogen-bond acceptors (Lipinski definition) is 6. The largest absolute Gasteiger partial charge is 0.480 e. The number of nitrogen functional groups attached to an aromatic ring is 2. The van der Waals surface area contributed by atoms with Gasteiger partial charge in [0.15, 0.2) is 0 Å². The first kappa shape index (κ1) is 12.6. The molecule has 7 heteroatoms. The minimum Gasteiger partial charge on any atom is -0.480 e. The van der Waals surface area contributed by atoms with Crippen molar-refractivity contribution >= 4 is 27.7 Å². The molecule has 0 aliphatic carbocycles. The second-order valence-electron chi connectivity index (χ2n) is 3.65. The van der Waals surface area contributed by atoms with E-state index in [1.807, 2.05) is 6.07 Å². The highest BCUT2D eigenvalue weighted by molar-refractivity contribution is 9.10. The quantitative estimate of drug-likeness (QED) is 0.889. The van der Waals surface area contributed by atoms with Crippen molar-refractivity contribution in [2.45, 2.75) is 6.42 Å². The van der Waals surface area contributed by atoms with E-state index >= 15 is 0 Å². The molecule has 0 saturated carbocycles. The van der Waals surface area contributed by atoms with Gasteiger partial charge in [-0.2, -0.15) is 4.98 Å². The molecule has 2 heterocycles. The van der Waals surface area contributed by atoms with Crippen LogP contribution in [0.2, 0.25) is 0 Å². The zero-order valence-electron chi connectivity index (χ0n) is 9.72. The third-order valence-electron chi connectivity index (χ3n) is 2.37. The van der Waals surface area contributed by atoms with Crippen LogP contribution in [0.1, 0.15) is 11.1 Å². The smallest absolute Gasteiger partial charge is 0.227 e. The molecule has 0 aliphatic rings. The molecule has 6 nitrogen and oxygen atoms in total. The second kappa shape index (κ2) is 5.18. The van der Waals surface area contributed by atoms with E-state index in [1.165, 1.54) is 0 Å². The molecule has 2 aromatic heterocycles. The number of nitrogens with zero attached hydrogens (tertiary/aromatic N) is 3. The number of rotatable bonds is 3. The monoisotopic (exact) mass is 309 g/mol. The lowest BCUT2D eigenvalue weighted by Gasteiger charge is -2.07. The number of ether oxygens (including phenoxy) is 1. The lowest BCUT2D eigenvalue weighted by molar-refractivity contribution is 0.394. The van der Waals surface area contributed by atoms with Gasteiger partial charge in [-0.25, -0.2) is 9.97 Å². The zero-order valence-corrected chi connectivity index (χ0v) is 11.3. The minimum atomic E-state index is 0.172. The maximum atomic E-state index is 5.78. The Morgan fingerprint density at radius 1 is 1.28 bits per heavy atom. The van der Waals surface area contributed by atoms with Gasteiger partial charge < -0.3 is 16.2 Å². The first-order chi connectivity index (χ1) is 8.60. The van der Waals surface area contributed by atoms with Gasteiger partial charge in [0.25, 0.3) is 0 Å². The number of aromatic nitrogens is 3. The van der Waals surface area contributed by atoms with E-state index in [1.54, 1.807) is 19.5 Å². The average molecular weight is 310 g/mol. The molecule has 0 aliphatic heterocycles. The summed E-state index contributed by atoms with van der Waals surface area (Å²) in [5.74, 6) is 1.10. The predicted octanol–water partition coefficient (Wildman–Crippen LogP) is 1.40. The molecule has 0 bridgehead atoms. The van der Waals surface area contributed by atoms with Crippen molar-refractivity contribution in [3.05, 3.63) is 34.1 Å². The van der Waals surface area contributed by atoms with E-state index in [0.29, 0.717) is 18.1 Å². The molecule has 94 valence electrons. The third kappa shape index (κ3) is 2.67. The zero-order chi connectivity index (χ0) is 13.1. The summed E-state index contributed by atoms with van der Waals surface area (Å²) < 4.78 is 5.86. The van der Waals surface area contributed by atoms with E-state index in [2.05, 4.69) is 30.9 Å². The molecule has 0 amide bonds. The Morgan fingerprint density at radius 3 is 2.67 bits per heavy atom. The maximum Gasteiger partial charge on any atom is 0.227 e. The lowest BCUT2D eigenvalue weighted by atomic mass is 10.1. The van der Waals surface area contributed by atoms with Crippen LogP contribution < -0.4 is 16.2 Å². The van der Waals surface area contributed by atoms with Crippen LogP contribution >= 0.6 is 15.9 Å². The summed E-state index contributed by atoms with van der Waals surface area (Å²) >= 11 is 3.38. The van der Waals surface area contributed by atoms with Crippen molar-refractivity contribution in [2.75, 3.05) is 18.6 Å². The summed E-state index contributed by atoms with van der Waals surface area (Å²) in [6, 6.07) is 1.92. The van der Waals surface area contributed by atoms with Crippen LogP contribution in [0.5, 0.6) is 5.88 Å². The SMILES string of the molecule is COc1ncc(Cc2cnc(N)nc2N)cc1Br. The highest BCUT2D eigenvalue weighted by Gasteiger charge is 2.07. The van der Waals surface area contributed by atoms with Gasteiger partial charge in [0.1, 0.15) is 5.82 Å². The second-order valence-corrected chi connectivity index (χ2v) is 4.50. The van der Waals surface area contributed by atoms with Gasteiger partial charge in [-0.3, -0.25) is 0 Å². The third-order valence-corrected chi connectivity index (χ3v) is 2.94. The number of methoxy groups -OCH3 is 1. The number of nitrogens with two attached hydrogens (primary N) is 2. The van der Waals surface area contributed by atoms with Crippen LogP contribution in [-0.2, 0) is 6.42 Å². The highest BCUT2D eigenvalue weighted by atomic mass is 79.9. The molecule has 0 radical (unpaired) electrons. The molecule has 18 heavy (non-hydrogen) atoms. The van der Waals surface area contributed by atoms with Crippen molar-refractivity contribution < 1.29 is 4.74 Å². The Hall–Kier alpha value is -1.89. The lowest BCUT2D eigenvalue weighted by Crippen LogP contribution is -2.04. The minimum absolute atomic E-state index is 0.172. The van der Waals surface area contributed by atoms with Crippen LogP contribution in [0.4, 0.5) is 11.8 Å². The Labute approximate surface area is 113 Å². The van der Waals surface area contributed by atoms with Gasteiger partial charge in [-0.1, -0.05) is 0 Å². The molecule has 0 saturated heterocycles. The van der Waals surface area contributed by atoms with Crippen molar-refractivity contribution in [3.63, 3.8) is 0 Å². The van der Waals surface area contributed by atoms with Crippen molar-refractivity contribution in [2.24, 2.45) is 0 Å². The molecule has 0 fully saturated rings. The van der Waals surface area contributed by atoms with Gasteiger partial charge in [0.05, 0.1) is 11.6 Å². The molecule has 2 aromatic rings. The molecule has 0 atom stereocenters. The summed E-state index contributed by atoms with van der Waals surface area (Å²) in [6.07, 6.45) is 3.93. The topological polar surface area (TPSA) is 99.9 Å². The van der Waals surface area contributed by atoms with E-state index < -0.39 is 0 Å². The van der Waals surface area contributed by atoms with Crippen LogP contribution in [-0.4, -0.2) is 22.1 Å². The van der Waals surface area contributed by atoms with Gasteiger partial charge in [-0.05, 0) is 27.6 Å². The molecular formula is C11H12BrN5O. The summed E-state index contributed by atoms with van der Waals surface area (Å²) in [5.41, 5.74) is 13.0. The fourth-order valence-corrected chi connectivity index (χ4v) is 2.06.